The van der Waals surface area contributed by atoms with Crippen molar-refractivity contribution in [1.82, 2.24) is 9.78 Å². The zero-order valence-electron chi connectivity index (χ0n) is 12.4. The van der Waals surface area contributed by atoms with E-state index in [-0.39, 0.29) is 5.88 Å². The number of benzene rings is 1. The first kappa shape index (κ1) is 15.6. The third kappa shape index (κ3) is 3.09. The number of thiophene rings is 1. The summed E-state index contributed by atoms with van der Waals surface area (Å²) in [6.07, 6.45) is -1.39. The van der Waals surface area contributed by atoms with E-state index in [9.17, 15) is 4.79 Å². The Labute approximate surface area is 141 Å². The maximum Gasteiger partial charge on any atom is 0.512 e. The summed E-state index contributed by atoms with van der Waals surface area (Å²) in [6.45, 7) is 3.81. The molecule has 2 heterocycles. The lowest BCUT2D eigenvalue weighted by atomic mass is 10.2. The monoisotopic (exact) mass is 348 g/mol. The molecule has 1 aromatic carbocycles. The smallest absolute Gasteiger partial charge is 0.449 e. The second-order valence-electron chi connectivity index (χ2n) is 4.95. The lowest BCUT2D eigenvalue weighted by Crippen LogP contribution is -2.05. The van der Waals surface area contributed by atoms with Crippen LogP contribution in [0.5, 0.6) is 5.88 Å². The maximum absolute atomic E-state index is 10.9. The number of aryl methyl sites for hydroxylation is 1. The molecule has 3 aromatic rings. The number of halogens is 1. The molecular formula is C16H13ClN2O3S. The van der Waals surface area contributed by atoms with E-state index in [0.29, 0.717) is 10.6 Å². The summed E-state index contributed by atoms with van der Waals surface area (Å²) >= 11 is 7.54. The number of hydrogen-bond donors (Lipinski definition) is 1. The van der Waals surface area contributed by atoms with Crippen LogP contribution < -0.4 is 4.74 Å². The van der Waals surface area contributed by atoms with Crippen LogP contribution in [0.25, 0.3) is 16.3 Å². The van der Waals surface area contributed by atoms with Crippen LogP contribution in [0, 0.1) is 13.8 Å². The van der Waals surface area contributed by atoms with Gasteiger partial charge in [-0.1, -0.05) is 11.6 Å². The summed E-state index contributed by atoms with van der Waals surface area (Å²) in [4.78, 5) is 13.0. The van der Waals surface area contributed by atoms with Crippen LogP contribution in [0.4, 0.5) is 4.79 Å². The Morgan fingerprint density at radius 1 is 1.22 bits per heavy atom. The Hall–Kier alpha value is -2.31. The second-order valence-corrected chi connectivity index (χ2v) is 6.67. The van der Waals surface area contributed by atoms with Crippen molar-refractivity contribution in [3.05, 3.63) is 51.9 Å². The minimum atomic E-state index is -1.39. The molecule has 0 bridgehead atoms. The Balaban J connectivity index is 2.20. The van der Waals surface area contributed by atoms with E-state index in [1.165, 1.54) is 0 Å². The van der Waals surface area contributed by atoms with Gasteiger partial charge >= 0.3 is 6.16 Å². The highest BCUT2D eigenvalue weighted by Gasteiger charge is 2.21. The largest absolute Gasteiger partial charge is 0.512 e. The van der Waals surface area contributed by atoms with Gasteiger partial charge in [-0.3, -0.25) is 0 Å². The van der Waals surface area contributed by atoms with Gasteiger partial charge in [-0.2, -0.15) is 0 Å². The van der Waals surface area contributed by atoms with Gasteiger partial charge < -0.3 is 9.84 Å². The Morgan fingerprint density at radius 2 is 1.91 bits per heavy atom. The van der Waals surface area contributed by atoms with Crippen molar-refractivity contribution >= 4 is 29.1 Å². The van der Waals surface area contributed by atoms with Gasteiger partial charge in [0.05, 0.1) is 16.3 Å². The number of carbonyl (C=O) groups is 1. The molecule has 1 N–H and O–H groups in total. The topological polar surface area (TPSA) is 64.3 Å². The predicted octanol–water partition coefficient (Wildman–Crippen LogP) is 4.93. The van der Waals surface area contributed by atoms with Crippen LogP contribution >= 0.6 is 22.9 Å². The molecule has 7 heteroatoms. The van der Waals surface area contributed by atoms with E-state index >= 15 is 0 Å². The Bertz CT molecular complexity index is 868. The lowest BCUT2D eigenvalue weighted by Gasteiger charge is -2.06. The van der Waals surface area contributed by atoms with Gasteiger partial charge in [-0.05, 0) is 50.2 Å². The number of rotatable bonds is 3. The third-order valence-electron chi connectivity index (χ3n) is 3.31. The first-order chi connectivity index (χ1) is 11.0. The van der Waals surface area contributed by atoms with Crippen molar-refractivity contribution in [2.24, 2.45) is 0 Å². The van der Waals surface area contributed by atoms with Gasteiger partial charge in [0.25, 0.3) is 0 Å². The van der Waals surface area contributed by atoms with Crippen LogP contribution in [-0.4, -0.2) is 21.0 Å². The van der Waals surface area contributed by atoms with Gasteiger partial charge in [-0.25, -0.2) is 9.48 Å². The standard InChI is InChI=1S/C16H13ClN2O3S/c1-9-3-8-13(23-9)14-10(2)15(22-16(20)21)18-19(14)12-6-4-11(17)5-7-12/h3-8H,1-2H3,(H,20,21). The van der Waals surface area contributed by atoms with E-state index in [1.807, 2.05) is 31.2 Å². The van der Waals surface area contributed by atoms with Crippen molar-refractivity contribution < 1.29 is 14.6 Å². The summed E-state index contributed by atoms with van der Waals surface area (Å²) < 4.78 is 6.48. The van der Waals surface area contributed by atoms with E-state index in [2.05, 4.69) is 5.10 Å². The predicted molar refractivity (Wildman–Crippen MR) is 90.0 cm³/mol. The molecule has 118 valence electrons. The zero-order valence-corrected chi connectivity index (χ0v) is 14.0. The lowest BCUT2D eigenvalue weighted by molar-refractivity contribution is 0.142. The van der Waals surface area contributed by atoms with Crippen molar-refractivity contribution in [2.45, 2.75) is 13.8 Å². The molecule has 0 fully saturated rings. The third-order valence-corrected chi connectivity index (χ3v) is 4.57. The molecule has 0 atom stereocenters. The highest BCUT2D eigenvalue weighted by atomic mass is 35.5. The number of nitrogens with zero attached hydrogens (tertiary/aromatic N) is 2. The Kier molecular flexibility index (Phi) is 4.11. The van der Waals surface area contributed by atoms with Crippen molar-refractivity contribution in [3.8, 4) is 22.1 Å². The van der Waals surface area contributed by atoms with Crippen LogP contribution in [0.1, 0.15) is 10.4 Å². The highest BCUT2D eigenvalue weighted by Crippen LogP contribution is 2.36. The van der Waals surface area contributed by atoms with Crippen LogP contribution in [0.3, 0.4) is 0 Å². The van der Waals surface area contributed by atoms with Crippen molar-refractivity contribution in [3.63, 3.8) is 0 Å². The van der Waals surface area contributed by atoms with E-state index < -0.39 is 6.16 Å². The normalized spacial score (nSPS) is 10.7. The first-order valence-electron chi connectivity index (χ1n) is 6.79. The average Bonchev–Trinajstić information content (AvgIpc) is 3.04. The van der Waals surface area contributed by atoms with Crippen molar-refractivity contribution in [2.75, 3.05) is 0 Å². The molecule has 3 rings (SSSR count). The number of aromatic nitrogens is 2. The summed E-state index contributed by atoms with van der Waals surface area (Å²) in [5.74, 6) is 0.0773. The van der Waals surface area contributed by atoms with Crippen LogP contribution in [0.15, 0.2) is 36.4 Å². The van der Waals surface area contributed by atoms with E-state index in [4.69, 9.17) is 21.4 Å². The first-order valence-corrected chi connectivity index (χ1v) is 7.98. The van der Waals surface area contributed by atoms with Gasteiger partial charge in [-0.15, -0.1) is 16.4 Å². The van der Waals surface area contributed by atoms with E-state index in [0.717, 1.165) is 21.1 Å². The molecule has 5 nitrogen and oxygen atoms in total. The maximum atomic E-state index is 10.9. The fourth-order valence-corrected chi connectivity index (χ4v) is 3.36. The fraction of sp³-hybridized carbons (Fsp3) is 0.125. The number of hydrogen-bond acceptors (Lipinski definition) is 4. The van der Waals surface area contributed by atoms with Crippen LogP contribution in [0.2, 0.25) is 5.02 Å². The average molecular weight is 349 g/mol. The van der Waals surface area contributed by atoms with Crippen molar-refractivity contribution in [1.29, 1.82) is 0 Å². The van der Waals surface area contributed by atoms with Gasteiger partial charge in [0.15, 0.2) is 0 Å². The molecule has 0 aliphatic rings. The second kappa shape index (κ2) is 6.06. The quantitative estimate of drug-likeness (QED) is 0.682. The highest BCUT2D eigenvalue weighted by molar-refractivity contribution is 7.15. The zero-order chi connectivity index (χ0) is 16.6. The molecular weight excluding hydrogens is 336 g/mol. The molecule has 0 spiro atoms. The molecule has 2 aromatic heterocycles. The molecule has 0 radical (unpaired) electrons. The van der Waals surface area contributed by atoms with Crippen LogP contribution in [-0.2, 0) is 0 Å². The molecule has 23 heavy (non-hydrogen) atoms. The number of ether oxygens (including phenoxy) is 1. The summed E-state index contributed by atoms with van der Waals surface area (Å²) in [6, 6.07) is 11.2. The van der Waals surface area contributed by atoms with E-state index in [1.54, 1.807) is 35.1 Å². The summed E-state index contributed by atoms with van der Waals surface area (Å²) in [5.41, 5.74) is 2.25. The molecule has 0 saturated carbocycles. The molecule has 0 unspecified atom stereocenters. The SMILES string of the molecule is Cc1ccc(-c2c(C)c(OC(=O)O)nn2-c2ccc(Cl)cc2)s1. The molecule has 0 saturated heterocycles. The molecule has 0 aliphatic heterocycles. The van der Waals surface area contributed by atoms with Gasteiger partial charge in [0.2, 0.25) is 5.88 Å². The minimum absolute atomic E-state index is 0.0773. The van der Waals surface area contributed by atoms with Gasteiger partial charge in [0.1, 0.15) is 0 Å². The molecule has 0 aliphatic carbocycles. The van der Waals surface area contributed by atoms with Gasteiger partial charge in [0, 0.05) is 15.5 Å². The minimum Gasteiger partial charge on any atom is -0.449 e. The molecule has 0 amide bonds. The fourth-order valence-electron chi connectivity index (χ4n) is 2.28. The Morgan fingerprint density at radius 3 is 2.48 bits per heavy atom. The summed E-state index contributed by atoms with van der Waals surface area (Å²) in [5, 5.41) is 13.8. The summed E-state index contributed by atoms with van der Waals surface area (Å²) in [7, 11) is 0. The number of carboxylic acid groups (broad SMARTS) is 1.